The quantitative estimate of drug-likeness (QED) is 0.421. The van der Waals surface area contributed by atoms with Gasteiger partial charge in [-0.1, -0.05) is 0 Å². The smallest absolute Gasteiger partial charge is 0.422 e. The van der Waals surface area contributed by atoms with Crippen molar-refractivity contribution in [3.05, 3.63) is 11.3 Å². The Kier molecular flexibility index (Phi) is 7.21. The highest BCUT2D eigenvalue weighted by Crippen LogP contribution is 2.55. The Bertz CT molecular complexity index is 441. The molecule has 0 radical (unpaired) electrons. The van der Waals surface area contributed by atoms with Crippen molar-refractivity contribution in [3.63, 3.8) is 0 Å². The molecule has 21 heavy (non-hydrogen) atoms. The zero-order valence-electron chi connectivity index (χ0n) is 11.9. The van der Waals surface area contributed by atoms with Crippen molar-refractivity contribution in [2.75, 3.05) is 20.8 Å². The minimum absolute atomic E-state index is 0.440. The van der Waals surface area contributed by atoms with Crippen LogP contribution in [0.1, 0.15) is 13.8 Å². The Balaban J connectivity index is 5.58. The molecular weight excluding hydrogens is 318 g/mol. The topological polar surface area (TPSA) is 94.1 Å². The first kappa shape index (κ1) is 19.8. The zero-order valence-corrected chi connectivity index (χ0v) is 12.7. The number of rotatable bonds is 7. The van der Waals surface area contributed by atoms with Crippen LogP contribution in [0.5, 0.6) is 0 Å². The summed E-state index contributed by atoms with van der Waals surface area (Å²) in [6, 6.07) is -0.440. The van der Waals surface area contributed by atoms with E-state index in [1.54, 1.807) is 13.8 Å². The summed E-state index contributed by atoms with van der Waals surface area (Å²) in [4.78, 5) is 11.9. The lowest BCUT2D eigenvalue weighted by molar-refractivity contribution is -0.173. The number of amides is 1. The van der Waals surface area contributed by atoms with Gasteiger partial charge in [0, 0.05) is 20.3 Å². The molecule has 7 nitrogen and oxygen atoms in total. The maximum atomic E-state index is 12.2. The first-order chi connectivity index (χ1) is 9.46. The number of ether oxygens (including phenoxy) is 1. The Morgan fingerprint density at radius 2 is 1.76 bits per heavy atom. The highest BCUT2D eigenvalue weighted by Gasteiger charge is 2.40. The van der Waals surface area contributed by atoms with Crippen molar-refractivity contribution in [2.45, 2.75) is 26.1 Å². The lowest BCUT2D eigenvalue weighted by Crippen LogP contribution is -2.33. The van der Waals surface area contributed by atoms with Gasteiger partial charge in [-0.25, -0.2) is 0 Å². The van der Waals surface area contributed by atoms with Crippen LogP contribution in [0.25, 0.3) is 0 Å². The SMILES string of the molecule is COP(=O)(OC)/C(C(=O)NC(C)C)=C(/O)OCC(F)(F)F. The van der Waals surface area contributed by atoms with Gasteiger partial charge in [0.15, 0.2) is 6.61 Å². The van der Waals surface area contributed by atoms with Crippen LogP contribution in [0.3, 0.4) is 0 Å². The first-order valence-corrected chi connectivity index (χ1v) is 7.16. The lowest BCUT2D eigenvalue weighted by Gasteiger charge is -2.19. The van der Waals surface area contributed by atoms with Gasteiger partial charge in [0.1, 0.15) is 0 Å². The van der Waals surface area contributed by atoms with Crippen LogP contribution in [0, 0.1) is 0 Å². The fourth-order valence-corrected chi connectivity index (χ4v) is 2.27. The number of nitrogens with one attached hydrogen (secondary N) is 1. The fourth-order valence-electron chi connectivity index (χ4n) is 1.14. The Hall–Kier alpha value is -1.25. The second kappa shape index (κ2) is 7.67. The number of hydrogen-bond acceptors (Lipinski definition) is 6. The van der Waals surface area contributed by atoms with E-state index in [-0.39, 0.29) is 0 Å². The van der Waals surface area contributed by atoms with Crippen LogP contribution in [-0.4, -0.2) is 44.1 Å². The third-order valence-corrected chi connectivity index (χ3v) is 3.87. The number of carbonyl (C=O) groups is 1. The molecule has 0 fully saturated rings. The molecule has 0 aromatic rings. The van der Waals surface area contributed by atoms with E-state index in [1.807, 2.05) is 0 Å². The fraction of sp³-hybridized carbons (Fsp3) is 0.700. The standard InChI is InChI=1S/C10H17F3NO6P/c1-6(2)14-8(15)7(21(17,18-3)19-4)9(16)20-5-10(11,12)13/h6,16H,5H2,1-4H3,(H,14,15)/b9-7-. The molecule has 2 N–H and O–H groups in total. The van der Waals surface area contributed by atoms with Gasteiger partial charge >= 0.3 is 13.8 Å². The summed E-state index contributed by atoms with van der Waals surface area (Å²) in [5.41, 5.74) is 0. The summed E-state index contributed by atoms with van der Waals surface area (Å²) in [7, 11) is -2.50. The molecule has 0 unspecified atom stereocenters. The van der Waals surface area contributed by atoms with Gasteiger partial charge in [0.05, 0.1) is 0 Å². The van der Waals surface area contributed by atoms with Crippen molar-refractivity contribution in [1.82, 2.24) is 5.32 Å². The molecule has 0 aliphatic rings. The normalized spacial score (nSPS) is 13.9. The van der Waals surface area contributed by atoms with Crippen LogP contribution < -0.4 is 5.32 Å². The summed E-state index contributed by atoms with van der Waals surface area (Å²) >= 11 is 0. The monoisotopic (exact) mass is 335 g/mol. The molecule has 0 aliphatic carbocycles. The molecule has 124 valence electrons. The second-order valence-corrected chi connectivity index (χ2v) is 6.22. The molecule has 0 saturated heterocycles. The van der Waals surface area contributed by atoms with Gasteiger partial charge in [-0.3, -0.25) is 9.36 Å². The molecule has 0 spiro atoms. The van der Waals surface area contributed by atoms with E-state index >= 15 is 0 Å². The van der Waals surface area contributed by atoms with E-state index in [4.69, 9.17) is 0 Å². The van der Waals surface area contributed by atoms with E-state index in [2.05, 4.69) is 19.1 Å². The second-order valence-electron chi connectivity index (χ2n) is 4.05. The summed E-state index contributed by atoms with van der Waals surface area (Å²) in [6.07, 6.45) is -4.75. The van der Waals surface area contributed by atoms with Gasteiger partial charge < -0.3 is 24.2 Å². The van der Waals surface area contributed by atoms with Crippen molar-refractivity contribution < 1.29 is 41.4 Å². The van der Waals surface area contributed by atoms with E-state index < -0.39 is 43.6 Å². The van der Waals surface area contributed by atoms with E-state index in [9.17, 15) is 27.6 Å². The Labute approximate surface area is 119 Å². The van der Waals surface area contributed by atoms with Gasteiger partial charge in [0.25, 0.3) is 11.9 Å². The first-order valence-electron chi connectivity index (χ1n) is 5.62. The molecule has 0 aromatic heterocycles. The van der Waals surface area contributed by atoms with Crippen LogP contribution in [-0.2, 0) is 23.1 Å². The lowest BCUT2D eigenvalue weighted by atomic mass is 10.4. The maximum Gasteiger partial charge on any atom is 0.422 e. The predicted molar refractivity (Wildman–Crippen MR) is 66.6 cm³/mol. The third-order valence-electron chi connectivity index (χ3n) is 1.96. The van der Waals surface area contributed by atoms with E-state index in [0.29, 0.717) is 0 Å². The van der Waals surface area contributed by atoms with Crippen molar-refractivity contribution >= 4 is 13.5 Å². The molecule has 0 bridgehead atoms. The summed E-state index contributed by atoms with van der Waals surface area (Å²) in [5, 5.41) is 10.7. The Morgan fingerprint density at radius 1 is 1.29 bits per heavy atom. The largest absolute Gasteiger partial charge is 0.480 e. The molecule has 0 heterocycles. The van der Waals surface area contributed by atoms with E-state index in [0.717, 1.165) is 14.2 Å². The highest BCUT2D eigenvalue weighted by molar-refractivity contribution is 7.60. The molecule has 0 aliphatic heterocycles. The van der Waals surface area contributed by atoms with Crippen LogP contribution in [0.4, 0.5) is 13.2 Å². The van der Waals surface area contributed by atoms with Gasteiger partial charge in [-0.15, -0.1) is 0 Å². The molecule has 1 amide bonds. The molecular formula is C10H17F3NO6P. The Morgan fingerprint density at radius 3 is 2.10 bits per heavy atom. The van der Waals surface area contributed by atoms with E-state index in [1.165, 1.54) is 0 Å². The third kappa shape index (κ3) is 6.36. The van der Waals surface area contributed by atoms with Crippen molar-refractivity contribution in [3.8, 4) is 0 Å². The number of halogens is 3. The predicted octanol–water partition coefficient (Wildman–Crippen LogP) is 2.30. The number of aliphatic hydroxyl groups excluding tert-OH is 1. The van der Waals surface area contributed by atoms with Crippen molar-refractivity contribution in [1.29, 1.82) is 0 Å². The van der Waals surface area contributed by atoms with Crippen molar-refractivity contribution in [2.24, 2.45) is 0 Å². The summed E-state index contributed by atoms with van der Waals surface area (Å²) in [6.45, 7) is 1.23. The zero-order chi connectivity index (χ0) is 16.8. The van der Waals surface area contributed by atoms with Gasteiger partial charge in [-0.05, 0) is 13.8 Å². The highest BCUT2D eigenvalue weighted by atomic mass is 31.2. The van der Waals surface area contributed by atoms with Crippen LogP contribution >= 0.6 is 7.60 Å². The number of alkyl halides is 3. The maximum absolute atomic E-state index is 12.2. The molecule has 0 atom stereocenters. The van der Waals surface area contributed by atoms with Gasteiger partial charge in [0.2, 0.25) is 5.31 Å². The minimum Gasteiger partial charge on any atom is -0.480 e. The molecule has 0 aromatic carbocycles. The molecule has 0 saturated carbocycles. The average molecular weight is 335 g/mol. The summed E-state index contributed by atoms with van der Waals surface area (Å²) in [5.74, 6) is -2.60. The minimum atomic E-state index is -4.75. The number of carbonyl (C=O) groups excluding carboxylic acids is 1. The van der Waals surface area contributed by atoms with Crippen LogP contribution in [0.2, 0.25) is 0 Å². The number of aliphatic hydroxyl groups is 1. The average Bonchev–Trinajstić information content (AvgIpc) is 2.34. The molecule has 11 heteroatoms. The molecule has 0 rings (SSSR count). The summed E-state index contributed by atoms with van der Waals surface area (Å²) < 4.78 is 61.4. The number of hydrogen-bond donors (Lipinski definition) is 2. The van der Waals surface area contributed by atoms with Crippen LogP contribution in [0.15, 0.2) is 11.3 Å². The van der Waals surface area contributed by atoms with Gasteiger partial charge in [-0.2, -0.15) is 13.2 Å².